The van der Waals surface area contributed by atoms with E-state index in [1.807, 2.05) is 25.7 Å². The second kappa shape index (κ2) is 7.68. The van der Waals surface area contributed by atoms with E-state index in [-0.39, 0.29) is 29.7 Å². The summed E-state index contributed by atoms with van der Waals surface area (Å²) in [5.41, 5.74) is 4.97. The van der Waals surface area contributed by atoms with Gasteiger partial charge in [0.15, 0.2) is 0 Å². The standard InChI is InChI=1S/C20H33N3O4/c1-20(2,3)27-19(26)22-8-6-13(7-9-22)11-23-12-15-5-4-14(17(21)24)10-16(15)18(23)25/h13-16H,4-12H2,1-3H3,(H2,21,24). The summed E-state index contributed by atoms with van der Waals surface area (Å²) in [6.07, 6.45) is 3.88. The molecule has 2 aliphatic heterocycles. The van der Waals surface area contributed by atoms with E-state index >= 15 is 0 Å². The van der Waals surface area contributed by atoms with Crippen LogP contribution in [0.1, 0.15) is 52.9 Å². The second-order valence-corrected chi connectivity index (χ2v) is 9.43. The molecule has 152 valence electrons. The highest BCUT2D eigenvalue weighted by atomic mass is 16.6. The van der Waals surface area contributed by atoms with Crippen LogP contribution in [-0.4, -0.2) is 59.5 Å². The number of nitrogens with zero attached hydrogens (tertiary/aromatic N) is 2. The fourth-order valence-electron chi connectivity index (χ4n) is 4.72. The maximum atomic E-state index is 12.8. The predicted molar refractivity (Wildman–Crippen MR) is 101 cm³/mol. The van der Waals surface area contributed by atoms with E-state index in [4.69, 9.17) is 10.5 Å². The minimum atomic E-state index is -0.477. The third-order valence-electron chi connectivity index (χ3n) is 6.22. The number of amides is 3. The molecule has 3 unspecified atom stereocenters. The molecule has 2 N–H and O–H groups in total. The van der Waals surface area contributed by atoms with Crippen molar-refractivity contribution in [1.82, 2.24) is 9.80 Å². The van der Waals surface area contributed by atoms with Gasteiger partial charge in [-0.3, -0.25) is 9.59 Å². The molecule has 1 aliphatic carbocycles. The van der Waals surface area contributed by atoms with Crippen LogP contribution in [0.3, 0.4) is 0 Å². The fourth-order valence-corrected chi connectivity index (χ4v) is 4.72. The molecule has 0 bridgehead atoms. The van der Waals surface area contributed by atoms with Gasteiger partial charge >= 0.3 is 6.09 Å². The molecule has 3 atom stereocenters. The Balaban J connectivity index is 1.48. The van der Waals surface area contributed by atoms with Gasteiger partial charge in [-0.2, -0.15) is 0 Å². The molecule has 3 rings (SSSR count). The number of fused-ring (bicyclic) bond motifs is 1. The topological polar surface area (TPSA) is 92.9 Å². The number of primary amides is 1. The Kier molecular flexibility index (Phi) is 5.68. The number of piperidine rings is 1. The molecule has 3 aliphatic rings. The van der Waals surface area contributed by atoms with Gasteiger partial charge in [0.1, 0.15) is 5.60 Å². The van der Waals surface area contributed by atoms with Crippen molar-refractivity contribution < 1.29 is 19.1 Å². The lowest BCUT2D eigenvalue weighted by Crippen LogP contribution is -2.44. The zero-order chi connectivity index (χ0) is 19.8. The number of carbonyl (C=O) groups is 3. The van der Waals surface area contributed by atoms with Crippen LogP contribution in [0, 0.1) is 23.7 Å². The van der Waals surface area contributed by atoms with Crippen LogP contribution in [0.5, 0.6) is 0 Å². The van der Waals surface area contributed by atoms with E-state index in [9.17, 15) is 14.4 Å². The summed E-state index contributed by atoms with van der Waals surface area (Å²) in [5, 5.41) is 0. The predicted octanol–water partition coefficient (Wildman–Crippen LogP) is 1.99. The zero-order valence-electron chi connectivity index (χ0n) is 16.8. The summed E-state index contributed by atoms with van der Waals surface area (Å²) in [4.78, 5) is 40.2. The number of rotatable bonds is 3. The number of likely N-dealkylation sites (tertiary alicyclic amines) is 2. The van der Waals surface area contributed by atoms with E-state index < -0.39 is 5.60 Å². The maximum absolute atomic E-state index is 12.8. The first-order chi connectivity index (χ1) is 12.6. The highest BCUT2D eigenvalue weighted by Crippen LogP contribution is 2.40. The van der Waals surface area contributed by atoms with Gasteiger partial charge in [-0.05, 0) is 64.7 Å². The molecular formula is C20H33N3O4. The van der Waals surface area contributed by atoms with Crippen LogP contribution in [-0.2, 0) is 14.3 Å². The van der Waals surface area contributed by atoms with Crippen molar-refractivity contribution in [1.29, 1.82) is 0 Å². The second-order valence-electron chi connectivity index (χ2n) is 9.43. The van der Waals surface area contributed by atoms with Crippen LogP contribution in [0.4, 0.5) is 4.79 Å². The normalized spacial score (nSPS) is 29.6. The first-order valence-electron chi connectivity index (χ1n) is 10.2. The summed E-state index contributed by atoms with van der Waals surface area (Å²) >= 11 is 0. The van der Waals surface area contributed by atoms with Gasteiger partial charge in [0, 0.05) is 38.0 Å². The average molecular weight is 380 g/mol. The van der Waals surface area contributed by atoms with E-state index in [0.29, 0.717) is 31.3 Å². The molecule has 0 spiro atoms. The number of hydrogen-bond donors (Lipinski definition) is 1. The lowest BCUT2D eigenvalue weighted by molar-refractivity contribution is -0.133. The molecule has 2 heterocycles. The number of ether oxygens (including phenoxy) is 1. The molecule has 3 amide bonds. The fraction of sp³-hybridized carbons (Fsp3) is 0.850. The summed E-state index contributed by atoms with van der Waals surface area (Å²) in [6.45, 7) is 8.55. The SMILES string of the molecule is CC(C)(C)OC(=O)N1CCC(CN2CC3CCC(C(N)=O)CC3C2=O)CC1. The average Bonchev–Trinajstić information content (AvgIpc) is 2.89. The molecule has 0 aromatic heterocycles. The van der Waals surface area contributed by atoms with Gasteiger partial charge in [-0.25, -0.2) is 4.79 Å². The molecule has 7 heteroatoms. The Labute approximate surface area is 161 Å². The highest BCUT2D eigenvalue weighted by molar-refractivity contribution is 5.83. The van der Waals surface area contributed by atoms with E-state index in [0.717, 1.165) is 38.8 Å². The van der Waals surface area contributed by atoms with Crippen molar-refractivity contribution in [3.63, 3.8) is 0 Å². The van der Waals surface area contributed by atoms with Gasteiger partial charge < -0.3 is 20.3 Å². The molecular weight excluding hydrogens is 346 g/mol. The Morgan fingerprint density at radius 3 is 2.41 bits per heavy atom. The van der Waals surface area contributed by atoms with Crippen LogP contribution >= 0.6 is 0 Å². The van der Waals surface area contributed by atoms with Gasteiger partial charge in [-0.15, -0.1) is 0 Å². The molecule has 0 radical (unpaired) electrons. The summed E-state index contributed by atoms with van der Waals surface area (Å²) < 4.78 is 5.44. The molecule has 3 fully saturated rings. The number of carbonyl (C=O) groups excluding carboxylic acids is 3. The third-order valence-corrected chi connectivity index (χ3v) is 6.22. The first-order valence-corrected chi connectivity index (χ1v) is 10.2. The van der Waals surface area contributed by atoms with Gasteiger partial charge in [-0.1, -0.05) is 0 Å². The van der Waals surface area contributed by atoms with Crippen LogP contribution in [0.2, 0.25) is 0 Å². The highest BCUT2D eigenvalue weighted by Gasteiger charge is 2.45. The minimum absolute atomic E-state index is 0.0295. The van der Waals surface area contributed by atoms with Crippen molar-refractivity contribution in [2.45, 2.75) is 58.5 Å². The summed E-state index contributed by atoms with van der Waals surface area (Å²) in [6, 6.07) is 0. The Morgan fingerprint density at radius 1 is 1.15 bits per heavy atom. The van der Waals surface area contributed by atoms with Gasteiger partial charge in [0.05, 0.1) is 0 Å². The van der Waals surface area contributed by atoms with Crippen molar-refractivity contribution in [3.8, 4) is 0 Å². The molecule has 7 nitrogen and oxygen atoms in total. The maximum Gasteiger partial charge on any atom is 0.410 e. The van der Waals surface area contributed by atoms with Gasteiger partial charge in [0.25, 0.3) is 0 Å². The Bertz CT molecular complexity index is 593. The van der Waals surface area contributed by atoms with E-state index in [1.54, 1.807) is 4.90 Å². The summed E-state index contributed by atoms with van der Waals surface area (Å²) in [7, 11) is 0. The molecule has 1 saturated carbocycles. The van der Waals surface area contributed by atoms with Crippen molar-refractivity contribution in [3.05, 3.63) is 0 Å². The number of nitrogens with two attached hydrogens (primary N) is 1. The molecule has 27 heavy (non-hydrogen) atoms. The van der Waals surface area contributed by atoms with Crippen LogP contribution in [0.25, 0.3) is 0 Å². The molecule has 0 aromatic carbocycles. The van der Waals surface area contributed by atoms with Crippen LogP contribution < -0.4 is 5.73 Å². The Morgan fingerprint density at radius 2 is 1.81 bits per heavy atom. The Hall–Kier alpha value is -1.79. The van der Waals surface area contributed by atoms with Crippen molar-refractivity contribution in [2.75, 3.05) is 26.2 Å². The lowest BCUT2D eigenvalue weighted by atomic mass is 9.75. The van der Waals surface area contributed by atoms with Crippen molar-refractivity contribution >= 4 is 17.9 Å². The lowest BCUT2D eigenvalue weighted by Gasteiger charge is -2.35. The third kappa shape index (κ3) is 4.74. The zero-order valence-corrected chi connectivity index (χ0v) is 16.8. The van der Waals surface area contributed by atoms with E-state index in [2.05, 4.69) is 0 Å². The van der Waals surface area contributed by atoms with E-state index in [1.165, 1.54) is 0 Å². The summed E-state index contributed by atoms with van der Waals surface area (Å²) in [5.74, 6) is 0.537. The molecule has 2 saturated heterocycles. The van der Waals surface area contributed by atoms with Crippen LogP contribution in [0.15, 0.2) is 0 Å². The monoisotopic (exact) mass is 379 g/mol. The minimum Gasteiger partial charge on any atom is -0.444 e. The number of hydrogen-bond acceptors (Lipinski definition) is 4. The smallest absolute Gasteiger partial charge is 0.410 e. The largest absolute Gasteiger partial charge is 0.444 e. The quantitative estimate of drug-likeness (QED) is 0.811. The first kappa shape index (κ1) is 20.0. The molecule has 0 aromatic rings. The van der Waals surface area contributed by atoms with Crippen molar-refractivity contribution in [2.24, 2.45) is 29.4 Å². The van der Waals surface area contributed by atoms with Gasteiger partial charge in [0.2, 0.25) is 11.8 Å².